The molecule has 0 saturated heterocycles. The van der Waals surface area contributed by atoms with Crippen LogP contribution in [0.3, 0.4) is 0 Å². The van der Waals surface area contributed by atoms with E-state index in [1.165, 1.54) is 18.9 Å². The Bertz CT molecular complexity index is 574. The largest absolute Gasteiger partial charge is 0.469 e. The molecule has 1 aromatic carbocycles. The summed E-state index contributed by atoms with van der Waals surface area (Å²) in [6.45, 7) is 0. The quantitative estimate of drug-likeness (QED) is 0.614. The van der Waals surface area contributed by atoms with Crippen molar-refractivity contribution in [1.82, 2.24) is 10.2 Å². The molecule has 0 aliphatic carbocycles. The summed E-state index contributed by atoms with van der Waals surface area (Å²) in [6.07, 6.45) is 0.315. The Morgan fingerprint density at radius 3 is 3.05 bits per heavy atom. The first-order chi connectivity index (χ1) is 9.19. The van der Waals surface area contributed by atoms with Crippen LogP contribution in [0.1, 0.15) is 6.42 Å². The lowest BCUT2D eigenvalue weighted by Gasteiger charge is -1.96. The van der Waals surface area contributed by atoms with E-state index in [0.717, 1.165) is 10.0 Å². The number of hydrogen-bond acceptors (Lipinski definition) is 6. The van der Waals surface area contributed by atoms with E-state index in [9.17, 15) is 4.79 Å². The maximum Gasteiger partial charge on any atom is 0.306 e. The average Bonchev–Trinajstić information content (AvgIpc) is 2.87. The van der Waals surface area contributed by atoms with Gasteiger partial charge in [0.25, 0.3) is 5.22 Å². The number of carbonyl (C=O) groups excluding carboxylic acids is 1. The number of methoxy groups -OCH3 is 1. The third-order valence-electron chi connectivity index (χ3n) is 2.24. The van der Waals surface area contributed by atoms with Gasteiger partial charge in [-0.3, -0.25) is 4.79 Å². The average molecular weight is 343 g/mol. The number of benzene rings is 1. The first kappa shape index (κ1) is 14.1. The predicted octanol–water partition coefficient (Wildman–Crippen LogP) is 3.15. The third kappa shape index (κ3) is 4.07. The highest BCUT2D eigenvalue weighted by molar-refractivity contribution is 9.10. The minimum atomic E-state index is -0.251. The molecule has 0 N–H and O–H groups in total. The van der Waals surface area contributed by atoms with Crippen molar-refractivity contribution >= 4 is 33.7 Å². The molecule has 1 heterocycles. The SMILES string of the molecule is COC(=O)CCSc1nnc(-c2cccc(Br)c2)o1. The van der Waals surface area contributed by atoms with Gasteiger partial charge in [0.05, 0.1) is 13.5 Å². The molecule has 0 unspecified atom stereocenters. The Labute approximate surface area is 122 Å². The molecule has 100 valence electrons. The van der Waals surface area contributed by atoms with Gasteiger partial charge in [-0.15, -0.1) is 10.2 Å². The monoisotopic (exact) mass is 342 g/mol. The Kier molecular flexibility index (Phi) is 4.98. The standard InChI is InChI=1S/C12H11BrN2O3S/c1-17-10(16)5-6-19-12-15-14-11(18-12)8-3-2-4-9(13)7-8/h2-4,7H,5-6H2,1H3. The van der Waals surface area contributed by atoms with Crippen LogP contribution >= 0.6 is 27.7 Å². The van der Waals surface area contributed by atoms with Crippen molar-refractivity contribution in [2.75, 3.05) is 12.9 Å². The second-order valence-electron chi connectivity index (χ2n) is 3.56. The maximum atomic E-state index is 11.0. The summed E-state index contributed by atoms with van der Waals surface area (Å²) in [7, 11) is 1.37. The number of carbonyl (C=O) groups is 1. The van der Waals surface area contributed by atoms with Gasteiger partial charge in [0, 0.05) is 15.8 Å². The zero-order valence-corrected chi connectivity index (χ0v) is 12.5. The van der Waals surface area contributed by atoms with Gasteiger partial charge in [0.15, 0.2) is 0 Å². The fourth-order valence-corrected chi connectivity index (χ4v) is 2.41. The van der Waals surface area contributed by atoms with Crippen molar-refractivity contribution in [1.29, 1.82) is 0 Å². The lowest BCUT2D eigenvalue weighted by atomic mass is 10.2. The topological polar surface area (TPSA) is 65.2 Å². The number of aromatic nitrogens is 2. The minimum absolute atomic E-state index is 0.251. The molecule has 5 nitrogen and oxygen atoms in total. The van der Waals surface area contributed by atoms with Gasteiger partial charge in [-0.25, -0.2) is 0 Å². The lowest BCUT2D eigenvalue weighted by Crippen LogP contribution is -2.00. The van der Waals surface area contributed by atoms with E-state index in [-0.39, 0.29) is 5.97 Å². The minimum Gasteiger partial charge on any atom is -0.469 e. The number of ether oxygens (including phenoxy) is 1. The van der Waals surface area contributed by atoms with E-state index in [4.69, 9.17) is 4.42 Å². The van der Waals surface area contributed by atoms with Gasteiger partial charge < -0.3 is 9.15 Å². The summed E-state index contributed by atoms with van der Waals surface area (Å²) in [5, 5.41) is 8.34. The summed E-state index contributed by atoms with van der Waals surface area (Å²) >= 11 is 4.72. The summed E-state index contributed by atoms with van der Waals surface area (Å²) < 4.78 is 11.0. The first-order valence-electron chi connectivity index (χ1n) is 5.48. The van der Waals surface area contributed by atoms with Gasteiger partial charge >= 0.3 is 5.97 Å². The smallest absolute Gasteiger partial charge is 0.306 e. The summed E-state index contributed by atoms with van der Waals surface area (Å²) in [6, 6.07) is 7.61. The van der Waals surface area contributed by atoms with Crippen molar-refractivity contribution in [2.24, 2.45) is 0 Å². The Balaban J connectivity index is 1.97. The van der Waals surface area contributed by atoms with Crippen LogP contribution in [0.5, 0.6) is 0 Å². The molecule has 19 heavy (non-hydrogen) atoms. The predicted molar refractivity (Wildman–Crippen MR) is 74.8 cm³/mol. The van der Waals surface area contributed by atoms with Crippen LogP contribution in [0.15, 0.2) is 38.4 Å². The van der Waals surface area contributed by atoms with Gasteiger partial charge in [0.2, 0.25) is 5.89 Å². The molecule has 1 aromatic heterocycles. The second kappa shape index (κ2) is 6.72. The molecule has 0 spiro atoms. The number of rotatable bonds is 5. The molecule has 0 bridgehead atoms. The van der Waals surface area contributed by atoms with Crippen LogP contribution in [-0.2, 0) is 9.53 Å². The molecule has 7 heteroatoms. The molecule has 0 atom stereocenters. The van der Waals surface area contributed by atoms with Crippen LogP contribution in [-0.4, -0.2) is 29.0 Å². The van der Waals surface area contributed by atoms with Gasteiger partial charge in [-0.05, 0) is 18.2 Å². The van der Waals surface area contributed by atoms with Crippen molar-refractivity contribution in [3.63, 3.8) is 0 Å². The van der Waals surface area contributed by atoms with Crippen LogP contribution < -0.4 is 0 Å². The maximum absolute atomic E-state index is 11.0. The van der Waals surface area contributed by atoms with Crippen LogP contribution in [0, 0.1) is 0 Å². The van der Waals surface area contributed by atoms with Crippen molar-refractivity contribution < 1.29 is 13.9 Å². The van der Waals surface area contributed by atoms with Crippen molar-refractivity contribution in [3.8, 4) is 11.5 Å². The Hall–Kier alpha value is -1.34. The fraction of sp³-hybridized carbons (Fsp3) is 0.250. The zero-order valence-electron chi connectivity index (χ0n) is 10.1. The molecule has 0 radical (unpaired) electrons. The van der Waals surface area contributed by atoms with Crippen LogP contribution in [0.2, 0.25) is 0 Å². The number of esters is 1. The van der Waals surface area contributed by atoms with Gasteiger partial charge in [-0.1, -0.05) is 33.8 Å². The van der Waals surface area contributed by atoms with Crippen molar-refractivity contribution in [2.45, 2.75) is 11.6 Å². The van der Waals surface area contributed by atoms with E-state index in [2.05, 4.69) is 30.9 Å². The normalized spacial score (nSPS) is 10.4. The molecule has 2 rings (SSSR count). The molecule has 2 aromatic rings. The highest BCUT2D eigenvalue weighted by Gasteiger charge is 2.10. The Morgan fingerprint density at radius 1 is 1.47 bits per heavy atom. The van der Waals surface area contributed by atoms with E-state index in [0.29, 0.717) is 23.3 Å². The first-order valence-corrected chi connectivity index (χ1v) is 7.26. The summed E-state index contributed by atoms with van der Waals surface area (Å²) in [5.74, 6) is 0.758. The molecule has 0 amide bonds. The Morgan fingerprint density at radius 2 is 2.32 bits per heavy atom. The third-order valence-corrected chi connectivity index (χ3v) is 3.55. The summed E-state index contributed by atoms with van der Waals surface area (Å²) in [5.41, 5.74) is 0.849. The van der Waals surface area contributed by atoms with Gasteiger partial charge in [0.1, 0.15) is 0 Å². The number of halogens is 1. The number of thioether (sulfide) groups is 1. The van der Waals surface area contributed by atoms with E-state index in [1.54, 1.807) is 0 Å². The highest BCUT2D eigenvalue weighted by atomic mass is 79.9. The lowest BCUT2D eigenvalue weighted by molar-refractivity contribution is -0.140. The molecule has 0 saturated carbocycles. The molecule has 0 aliphatic heterocycles. The van der Waals surface area contributed by atoms with Crippen molar-refractivity contribution in [3.05, 3.63) is 28.7 Å². The second-order valence-corrected chi connectivity index (χ2v) is 5.52. The molecular formula is C12H11BrN2O3S. The number of nitrogens with zero attached hydrogens (tertiary/aromatic N) is 2. The van der Waals surface area contributed by atoms with Crippen LogP contribution in [0.25, 0.3) is 11.5 Å². The fourth-order valence-electron chi connectivity index (χ4n) is 1.33. The number of hydrogen-bond donors (Lipinski definition) is 0. The molecular weight excluding hydrogens is 332 g/mol. The summed E-state index contributed by atoms with van der Waals surface area (Å²) in [4.78, 5) is 11.0. The highest BCUT2D eigenvalue weighted by Crippen LogP contribution is 2.25. The van der Waals surface area contributed by atoms with E-state index >= 15 is 0 Å². The zero-order chi connectivity index (χ0) is 13.7. The van der Waals surface area contributed by atoms with Gasteiger partial charge in [-0.2, -0.15) is 0 Å². The van der Waals surface area contributed by atoms with E-state index < -0.39 is 0 Å². The van der Waals surface area contributed by atoms with E-state index in [1.807, 2.05) is 24.3 Å². The molecule has 0 aliphatic rings. The molecule has 0 fully saturated rings. The van der Waals surface area contributed by atoms with Crippen LogP contribution in [0.4, 0.5) is 0 Å².